The molecular weight excluding hydrogens is 298 g/mol. The number of rotatable bonds is 2. The van der Waals surface area contributed by atoms with Gasteiger partial charge in [0.1, 0.15) is 5.04 Å². The molecule has 0 radical (unpaired) electrons. The van der Waals surface area contributed by atoms with Gasteiger partial charge in [-0.05, 0) is 17.7 Å². The quantitative estimate of drug-likeness (QED) is 0.564. The highest BCUT2D eigenvalue weighted by molar-refractivity contribution is 8.22. The van der Waals surface area contributed by atoms with Crippen molar-refractivity contribution in [3.63, 3.8) is 0 Å². The first kappa shape index (κ1) is 14.0. The minimum atomic E-state index is 1.03. The largest absolute Gasteiger partial charge is 0.240 e. The molecule has 1 aliphatic rings. The third-order valence-corrected chi connectivity index (χ3v) is 4.79. The average Bonchev–Trinajstić information content (AvgIpc) is 2.63. The Bertz CT molecular complexity index is 880. The van der Waals surface area contributed by atoms with Crippen LogP contribution in [-0.2, 0) is 0 Å². The summed E-state index contributed by atoms with van der Waals surface area (Å²) in [5.74, 6) is 0. The van der Waals surface area contributed by atoms with Gasteiger partial charge in [-0.2, -0.15) is 0 Å². The van der Waals surface area contributed by atoms with E-state index in [1.807, 2.05) is 18.2 Å². The summed E-state index contributed by atoms with van der Waals surface area (Å²) in [6, 6.07) is 29.1. The van der Waals surface area contributed by atoms with Crippen molar-refractivity contribution in [2.45, 2.75) is 0 Å². The molecule has 0 spiro atoms. The number of fused-ring (bicyclic) bond motifs is 1. The SMILES string of the molecule is C(=C1/SC(c2ccccc2)=Nc2ccccc21)/c1ccccc1. The molecule has 23 heavy (non-hydrogen) atoms. The van der Waals surface area contributed by atoms with Crippen LogP contribution < -0.4 is 0 Å². The Hall–Kier alpha value is -2.58. The highest BCUT2D eigenvalue weighted by atomic mass is 32.2. The van der Waals surface area contributed by atoms with E-state index >= 15 is 0 Å². The summed E-state index contributed by atoms with van der Waals surface area (Å²) in [4.78, 5) is 6.08. The van der Waals surface area contributed by atoms with Gasteiger partial charge in [-0.15, -0.1) is 0 Å². The molecule has 0 aliphatic carbocycles. The minimum absolute atomic E-state index is 1.03. The summed E-state index contributed by atoms with van der Waals surface area (Å²) in [5, 5.41) is 1.05. The van der Waals surface area contributed by atoms with Crippen molar-refractivity contribution in [1.29, 1.82) is 0 Å². The van der Waals surface area contributed by atoms with Crippen molar-refractivity contribution in [3.05, 3.63) is 102 Å². The van der Waals surface area contributed by atoms with Gasteiger partial charge in [-0.3, -0.25) is 0 Å². The van der Waals surface area contributed by atoms with E-state index in [0.717, 1.165) is 16.3 Å². The third kappa shape index (κ3) is 2.99. The molecule has 2 heteroatoms. The number of aliphatic imine (C=N–C) groups is 1. The smallest absolute Gasteiger partial charge is 0.109 e. The molecule has 0 amide bonds. The summed E-state index contributed by atoms with van der Waals surface area (Å²) < 4.78 is 0. The predicted octanol–water partition coefficient (Wildman–Crippen LogP) is 6.01. The number of para-hydroxylation sites is 1. The van der Waals surface area contributed by atoms with E-state index in [0.29, 0.717) is 0 Å². The number of thioether (sulfide) groups is 1. The molecule has 0 fully saturated rings. The lowest BCUT2D eigenvalue weighted by Crippen LogP contribution is -2.00. The predicted molar refractivity (Wildman–Crippen MR) is 101 cm³/mol. The van der Waals surface area contributed by atoms with Gasteiger partial charge in [-0.1, -0.05) is 90.6 Å². The van der Waals surface area contributed by atoms with Crippen LogP contribution in [0, 0.1) is 0 Å². The Morgan fingerprint density at radius 2 is 1.35 bits per heavy atom. The zero-order chi connectivity index (χ0) is 15.5. The van der Waals surface area contributed by atoms with Gasteiger partial charge in [0.05, 0.1) is 5.69 Å². The Balaban J connectivity index is 1.83. The van der Waals surface area contributed by atoms with Crippen molar-refractivity contribution in [2.24, 2.45) is 4.99 Å². The molecule has 0 atom stereocenters. The molecule has 3 aromatic carbocycles. The summed E-state index contributed by atoms with van der Waals surface area (Å²) in [5.41, 5.74) is 4.60. The summed E-state index contributed by atoms with van der Waals surface area (Å²) in [7, 11) is 0. The maximum absolute atomic E-state index is 4.85. The second-order valence-electron chi connectivity index (χ2n) is 5.32. The van der Waals surface area contributed by atoms with Gasteiger partial charge in [0.2, 0.25) is 0 Å². The summed E-state index contributed by atoms with van der Waals surface area (Å²) >= 11 is 1.73. The lowest BCUT2D eigenvalue weighted by molar-refractivity contribution is 1.49. The molecule has 0 saturated carbocycles. The fraction of sp³-hybridized carbons (Fsp3) is 0. The monoisotopic (exact) mass is 313 g/mol. The Labute approximate surface area is 140 Å². The first-order valence-corrected chi connectivity index (χ1v) is 8.40. The molecule has 1 aliphatic heterocycles. The maximum atomic E-state index is 4.85. The van der Waals surface area contributed by atoms with Crippen molar-refractivity contribution in [1.82, 2.24) is 0 Å². The number of benzene rings is 3. The van der Waals surface area contributed by atoms with Crippen LogP contribution in [0.5, 0.6) is 0 Å². The van der Waals surface area contributed by atoms with Crippen molar-refractivity contribution in [2.75, 3.05) is 0 Å². The second-order valence-corrected chi connectivity index (χ2v) is 6.35. The van der Waals surface area contributed by atoms with Crippen molar-refractivity contribution < 1.29 is 0 Å². The third-order valence-electron chi connectivity index (χ3n) is 3.72. The molecule has 1 heterocycles. The average molecular weight is 313 g/mol. The molecule has 0 saturated heterocycles. The Morgan fingerprint density at radius 3 is 2.13 bits per heavy atom. The highest BCUT2D eigenvalue weighted by Crippen LogP contribution is 2.42. The zero-order valence-electron chi connectivity index (χ0n) is 12.5. The molecule has 110 valence electrons. The first-order chi connectivity index (χ1) is 11.4. The van der Waals surface area contributed by atoms with Crippen LogP contribution in [-0.4, -0.2) is 5.04 Å². The van der Waals surface area contributed by atoms with Crippen LogP contribution in [0.15, 0.2) is 89.9 Å². The highest BCUT2D eigenvalue weighted by Gasteiger charge is 2.18. The van der Waals surface area contributed by atoms with Gasteiger partial charge in [0.15, 0.2) is 0 Å². The van der Waals surface area contributed by atoms with E-state index in [1.165, 1.54) is 16.0 Å². The topological polar surface area (TPSA) is 12.4 Å². The standard InChI is InChI=1S/C21H15NS/c1-3-9-16(10-4-1)15-20-18-13-7-8-14-19(18)22-21(23-20)17-11-5-2-6-12-17/h1-15H/b20-15-. The maximum Gasteiger partial charge on any atom is 0.109 e. The van der Waals surface area contributed by atoms with Gasteiger partial charge in [0, 0.05) is 16.0 Å². The number of hydrogen-bond donors (Lipinski definition) is 0. The van der Waals surface area contributed by atoms with Gasteiger partial charge < -0.3 is 0 Å². The van der Waals surface area contributed by atoms with E-state index < -0.39 is 0 Å². The molecule has 0 aromatic heterocycles. The number of hydrogen-bond acceptors (Lipinski definition) is 2. The van der Waals surface area contributed by atoms with Crippen LogP contribution in [0.1, 0.15) is 16.7 Å². The normalized spacial score (nSPS) is 15.1. The second kappa shape index (κ2) is 6.27. The fourth-order valence-electron chi connectivity index (χ4n) is 2.58. The van der Waals surface area contributed by atoms with Crippen LogP contribution in [0.25, 0.3) is 11.0 Å². The molecular formula is C21H15NS. The molecule has 4 rings (SSSR count). The van der Waals surface area contributed by atoms with Crippen LogP contribution in [0.3, 0.4) is 0 Å². The lowest BCUT2D eigenvalue weighted by atomic mass is 10.1. The summed E-state index contributed by atoms with van der Waals surface area (Å²) in [6.07, 6.45) is 2.24. The van der Waals surface area contributed by atoms with Gasteiger partial charge >= 0.3 is 0 Å². The van der Waals surface area contributed by atoms with E-state index in [-0.39, 0.29) is 0 Å². The van der Waals surface area contributed by atoms with Crippen molar-refractivity contribution >= 4 is 33.5 Å². The van der Waals surface area contributed by atoms with Crippen molar-refractivity contribution in [3.8, 4) is 0 Å². The Morgan fingerprint density at radius 1 is 0.696 bits per heavy atom. The Kier molecular flexibility index (Phi) is 3.83. The van der Waals surface area contributed by atoms with Gasteiger partial charge in [0.25, 0.3) is 0 Å². The fourth-order valence-corrected chi connectivity index (χ4v) is 3.67. The molecule has 0 unspecified atom stereocenters. The molecule has 3 aromatic rings. The zero-order valence-corrected chi connectivity index (χ0v) is 13.3. The lowest BCUT2D eigenvalue weighted by Gasteiger charge is -2.18. The van der Waals surface area contributed by atoms with Crippen LogP contribution in [0.2, 0.25) is 0 Å². The molecule has 1 nitrogen and oxygen atoms in total. The number of nitrogens with zero attached hydrogens (tertiary/aromatic N) is 1. The van der Waals surface area contributed by atoms with E-state index in [9.17, 15) is 0 Å². The van der Waals surface area contributed by atoms with Gasteiger partial charge in [-0.25, -0.2) is 4.99 Å². The molecule has 0 bridgehead atoms. The molecule has 0 N–H and O–H groups in total. The first-order valence-electron chi connectivity index (χ1n) is 7.58. The van der Waals surface area contributed by atoms with Crippen LogP contribution >= 0.6 is 11.8 Å². The van der Waals surface area contributed by atoms with E-state index in [1.54, 1.807) is 11.8 Å². The minimum Gasteiger partial charge on any atom is -0.240 e. The van der Waals surface area contributed by atoms with E-state index in [4.69, 9.17) is 4.99 Å². The van der Waals surface area contributed by atoms with E-state index in [2.05, 4.69) is 72.8 Å². The summed E-state index contributed by atoms with van der Waals surface area (Å²) in [6.45, 7) is 0. The van der Waals surface area contributed by atoms with Crippen LogP contribution in [0.4, 0.5) is 5.69 Å².